The molecular weight excluding hydrogens is 227 g/mol. The largest absolute Gasteiger partial charge is 0.331 e. The Bertz CT molecular complexity index is 683. The SMILES string of the molecule is CCn1cnc2ccc(-c3ccc(F)cc3)cc21. The zero-order valence-corrected chi connectivity index (χ0v) is 10.1. The molecular formula is C15H13FN2. The third kappa shape index (κ3) is 1.78. The maximum absolute atomic E-state index is 12.9. The summed E-state index contributed by atoms with van der Waals surface area (Å²) in [4.78, 5) is 4.34. The van der Waals surface area contributed by atoms with Gasteiger partial charge in [-0.15, -0.1) is 0 Å². The fourth-order valence-electron chi connectivity index (χ4n) is 2.13. The molecule has 3 heteroatoms. The molecule has 1 aromatic heterocycles. The molecule has 0 amide bonds. The molecule has 0 aliphatic carbocycles. The minimum Gasteiger partial charge on any atom is -0.331 e. The Hall–Kier alpha value is -2.16. The van der Waals surface area contributed by atoms with Gasteiger partial charge in [0.25, 0.3) is 0 Å². The second kappa shape index (κ2) is 4.26. The summed E-state index contributed by atoms with van der Waals surface area (Å²) in [7, 11) is 0. The maximum atomic E-state index is 12.9. The first-order chi connectivity index (χ1) is 8.78. The van der Waals surface area contributed by atoms with Crippen LogP contribution in [0, 0.1) is 5.82 Å². The van der Waals surface area contributed by atoms with Gasteiger partial charge in [0.05, 0.1) is 17.4 Å². The summed E-state index contributed by atoms with van der Waals surface area (Å²) in [6.07, 6.45) is 1.85. The van der Waals surface area contributed by atoms with Crippen LogP contribution in [-0.4, -0.2) is 9.55 Å². The van der Waals surface area contributed by atoms with Crippen LogP contribution in [0.5, 0.6) is 0 Å². The zero-order chi connectivity index (χ0) is 12.5. The highest BCUT2D eigenvalue weighted by Crippen LogP contribution is 2.24. The van der Waals surface area contributed by atoms with E-state index in [2.05, 4.69) is 22.5 Å². The van der Waals surface area contributed by atoms with Crippen LogP contribution in [0.15, 0.2) is 48.8 Å². The lowest BCUT2D eigenvalue weighted by Crippen LogP contribution is -1.90. The Morgan fingerprint density at radius 1 is 1.06 bits per heavy atom. The first-order valence-corrected chi connectivity index (χ1v) is 5.99. The van der Waals surface area contributed by atoms with Crippen molar-refractivity contribution in [3.8, 4) is 11.1 Å². The number of hydrogen-bond acceptors (Lipinski definition) is 1. The lowest BCUT2D eigenvalue weighted by molar-refractivity contribution is 0.628. The molecule has 0 saturated carbocycles. The lowest BCUT2D eigenvalue weighted by atomic mass is 10.1. The molecule has 18 heavy (non-hydrogen) atoms. The minimum absolute atomic E-state index is 0.210. The smallest absolute Gasteiger partial charge is 0.123 e. The average molecular weight is 240 g/mol. The minimum atomic E-state index is -0.210. The molecule has 0 aliphatic rings. The number of imidazole rings is 1. The van der Waals surface area contributed by atoms with E-state index in [1.54, 1.807) is 12.1 Å². The van der Waals surface area contributed by atoms with Crippen molar-refractivity contribution in [2.75, 3.05) is 0 Å². The normalized spacial score (nSPS) is 11.0. The van der Waals surface area contributed by atoms with E-state index in [9.17, 15) is 4.39 Å². The van der Waals surface area contributed by atoms with Crippen molar-refractivity contribution < 1.29 is 4.39 Å². The van der Waals surface area contributed by atoms with Crippen LogP contribution in [0.4, 0.5) is 4.39 Å². The van der Waals surface area contributed by atoms with E-state index in [4.69, 9.17) is 0 Å². The van der Waals surface area contributed by atoms with Gasteiger partial charge in [-0.3, -0.25) is 0 Å². The van der Waals surface area contributed by atoms with E-state index in [1.807, 2.05) is 18.5 Å². The number of halogens is 1. The van der Waals surface area contributed by atoms with Crippen LogP contribution in [0.1, 0.15) is 6.92 Å². The third-order valence-electron chi connectivity index (χ3n) is 3.14. The number of aromatic nitrogens is 2. The first kappa shape index (κ1) is 11.0. The van der Waals surface area contributed by atoms with Gasteiger partial charge in [-0.2, -0.15) is 0 Å². The van der Waals surface area contributed by atoms with Crippen molar-refractivity contribution in [3.63, 3.8) is 0 Å². The van der Waals surface area contributed by atoms with Crippen LogP contribution in [-0.2, 0) is 6.54 Å². The van der Waals surface area contributed by atoms with Gasteiger partial charge >= 0.3 is 0 Å². The standard InChI is InChI=1S/C15H13FN2/c1-2-18-10-17-14-8-5-12(9-15(14)18)11-3-6-13(16)7-4-11/h3-10H,2H2,1H3. The van der Waals surface area contributed by atoms with E-state index >= 15 is 0 Å². The summed E-state index contributed by atoms with van der Waals surface area (Å²) in [5.74, 6) is -0.210. The van der Waals surface area contributed by atoms with Crippen LogP contribution in [0.25, 0.3) is 22.2 Å². The third-order valence-corrected chi connectivity index (χ3v) is 3.14. The van der Waals surface area contributed by atoms with Gasteiger partial charge in [0, 0.05) is 6.54 Å². The van der Waals surface area contributed by atoms with Gasteiger partial charge in [-0.1, -0.05) is 18.2 Å². The summed E-state index contributed by atoms with van der Waals surface area (Å²) in [6, 6.07) is 12.7. The van der Waals surface area contributed by atoms with E-state index in [0.717, 1.165) is 28.7 Å². The molecule has 0 fully saturated rings. The molecule has 0 atom stereocenters. The highest BCUT2D eigenvalue weighted by Gasteiger charge is 2.04. The predicted molar refractivity (Wildman–Crippen MR) is 70.8 cm³/mol. The van der Waals surface area contributed by atoms with Gasteiger partial charge in [0.2, 0.25) is 0 Å². The van der Waals surface area contributed by atoms with Crippen LogP contribution < -0.4 is 0 Å². The monoisotopic (exact) mass is 240 g/mol. The van der Waals surface area contributed by atoms with Gasteiger partial charge in [0.1, 0.15) is 5.82 Å². The fourth-order valence-corrected chi connectivity index (χ4v) is 2.13. The Labute approximate surface area is 105 Å². The summed E-state index contributed by atoms with van der Waals surface area (Å²) in [6.45, 7) is 2.98. The second-order valence-electron chi connectivity index (χ2n) is 4.24. The first-order valence-electron chi connectivity index (χ1n) is 5.99. The number of rotatable bonds is 2. The Morgan fingerprint density at radius 2 is 1.78 bits per heavy atom. The van der Waals surface area contributed by atoms with Crippen molar-refractivity contribution >= 4 is 11.0 Å². The van der Waals surface area contributed by atoms with Crippen LogP contribution >= 0.6 is 0 Å². The predicted octanol–water partition coefficient (Wildman–Crippen LogP) is 3.86. The summed E-state index contributed by atoms with van der Waals surface area (Å²) < 4.78 is 15.0. The Balaban J connectivity index is 2.14. The van der Waals surface area contributed by atoms with Gasteiger partial charge in [0.15, 0.2) is 0 Å². The second-order valence-corrected chi connectivity index (χ2v) is 4.24. The average Bonchev–Trinajstić information content (AvgIpc) is 2.81. The Morgan fingerprint density at radius 3 is 2.50 bits per heavy atom. The number of fused-ring (bicyclic) bond motifs is 1. The number of nitrogens with zero attached hydrogens (tertiary/aromatic N) is 2. The fraction of sp³-hybridized carbons (Fsp3) is 0.133. The van der Waals surface area contributed by atoms with Crippen molar-refractivity contribution in [1.82, 2.24) is 9.55 Å². The van der Waals surface area contributed by atoms with Gasteiger partial charge in [-0.05, 0) is 42.3 Å². The van der Waals surface area contributed by atoms with E-state index in [0.29, 0.717) is 0 Å². The van der Waals surface area contributed by atoms with Crippen molar-refractivity contribution in [1.29, 1.82) is 0 Å². The van der Waals surface area contributed by atoms with Gasteiger partial charge in [-0.25, -0.2) is 9.37 Å². The lowest BCUT2D eigenvalue weighted by Gasteiger charge is -2.04. The van der Waals surface area contributed by atoms with E-state index in [1.165, 1.54) is 12.1 Å². The molecule has 90 valence electrons. The molecule has 3 rings (SSSR count). The molecule has 0 spiro atoms. The molecule has 0 radical (unpaired) electrons. The Kier molecular flexibility index (Phi) is 2.59. The molecule has 3 aromatic rings. The topological polar surface area (TPSA) is 17.8 Å². The van der Waals surface area contributed by atoms with Crippen LogP contribution in [0.2, 0.25) is 0 Å². The highest BCUT2D eigenvalue weighted by molar-refractivity contribution is 5.82. The molecule has 0 unspecified atom stereocenters. The molecule has 0 aliphatic heterocycles. The summed E-state index contributed by atoms with van der Waals surface area (Å²) >= 11 is 0. The summed E-state index contributed by atoms with van der Waals surface area (Å²) in [5, 5.41) is 0. The molecule has 0 bridgehead atoms. The number of hydrogen-bond donors (Lipinski definition) is 0. The van der Waals surface area contributed by atoms with E-state index < -0.39 is 0 Å². The molecule has 1 heterocycles. The van der Waals surface area contributed by atoms with Crippen molar-refractivity contribution in [3.05, 3.63) is 54.6 Å². The molecule has 0 N–H and O–H groups in total. The quantitative estimate of drug-likeness (QED) is 0.665. The van der Waals surface area contributed by atoms with Gasteiger partial charge < -0.3 is 4.57 Å². The zero-order valence-electron chi connectivity index (χ0n) is 10.1. The summed E-state index contributed by atoms with van der Waals surface area (Å²) in [5.41, 5.74) is 4.20. The van der Waals surface area contributed by atoms with Crippen molar-refractivity contribution in [2.45, 2.75) is 13.5 Å². The van der Waals surface area contributed by atoms with E-state index in [-0.39, 0.29) is 5.82 Å². The van der Waals surface area contributed by atoms with Crippen molar-refractivity contribution in [2.24, 2.45) is 0 Å². The molecule has 2 aromatic carbocycles. The maximum Gasteiger partial charge on any atom is 0.123 e. The molecule has 0 saturated heterocycles. The number of aryl methyl sites for hydroxylation is 1. The highest BCUT2D eigenvalue weighted by atomic mass is 19.1. The molecule has 2 nitrogen and oxygen atoms in total. The number of benzene rings is 2. The van der Waals surface area contributed by atoms with Crippen LogP contribution in [0.3, 0.4) is 0 Å².